The summed E-state index contributed by atoms with van der Waals surface area (Å²) in [5.74, 6) is -3.38. The van der Waals surface area contributed by atoms with E-state index in [2.05, 4.69) is 0 Å². The van der Waals surface area contributed by atoms with Gasteiger partial charge in [0.2, 0.25) is 23.6 Å². The van der Waals surface area contributed by atoms with Crippen molar-refractivity contribution >= 4 is 41.5 Å². The molecular weight excluding hydrogens is 872 g/mol. The van der Waals surface area contributed by atoms with E-state index in [1.54, 1.807) is 65.8 Å². The molecule has 3 aliphatic heterocycles. The number of primary amides is 2. The van der Waals surface area contributed by atoms with Crippen LogP contribution in [-0.2, 0) is 36.4 Å². The summed E-state index contributed by atoms with van der Waals surface area (Å²) in [6, 6.07) is 16.2. The molecule has 67 heavy (non-hydrogen) atoms. The minimum Gasteiger partial charge on any atom is -0.465 e. The summed E-state index contributed by atoms with van der Waals surface area (Å²) in [6.45, 7) is 10.7. The van der Waals surface area contributed by atoms with Gasteiger partial charge in [0.05, 0.1) is 17.6 Å². The Morgan fingerprint density at radius 3 is 1.28 bits per heavy atom. The van der Waals surface area contributed by atoms with Crippen molar-refractivity contribution in [3.8, 4) is 0 Å². The van der Waals surface area contributed by atoms with Gasteiger partial charge in [-0.05, 0) is 111 Å². The van der Waals surface area contributed by atoms with Gasteiger partial charge in [-0.2, -0.15) is 13.2 Å². The van der Waals surface area contributed by atoms with Gasteiger partial charge in [0.1, 0.15) is 23.2 Å². The van der Waals surface area contributed by atoms with Gasteiger partial charge in [0.25, 0.3) is 0 Å². The number of carbonyl (C=O) groups excluding carboxylic acids is 4. The van der Waals surface area contributed by atoms with Crippen LogP contribution in [0.3, 0.4) is 0 Å². The molecule has 18 heteroatoms. The van der Waals surface area contributed by atoms with E-state index in [1.165, 1.54) is 21.9 Å². The first-order valence-electron chi connectivity index (χ1n) is 23.0. The van der Waals surface area contributed by atoms with E-state index >= 15 is 0 Å². The van der Waals surface area contributed by atoms with Crippen molar-refractivity contribution in [1.29, 1.82) is 0 Å². The fourth-order valence-electron chi connectivity index (χ4n) is 11.0. The summed E-state index contributed by atoms with van der Waals surface area (Å²) >= 11 is 0. The molecule has 0 spiro atoms. The molecule has 0 aromatic heterocycles. The van der Waals surface area contributed by atoms with Crippen LogP contribution in [0.1, 0.15) is 120 Å². The fraction of sp³-hybridized carbons (Fsp3) is 0.510. The van der Waals surface area contributed by atoms with Crippen LogP contribution in [0.15, 0.2) is 72.8 Å². The molecule has 6 rings (SSSR count). The molecule has 362 valence electrons. The van der Waals surface area contributed by atoms with E-state index in [0.717, 1.165) is 33.1 Å². The Morgan fingerprint density at radius 1 is 0.642 bits per heavy atom. The third-order valence-corrected chi connectivity index (χ3v) is 14.1. The normalized spacial score (nSPS) is 22.8. The smallest absolute Gasteiger partial charge is 0.416 e. The molecule has 3 aliphatic rings. The van der Waals surface area contributed by atoms with E-state index < -0.39 is 82.6 Å². The first-order chi connectivity index (χ1) is 31.6. The maximum atomic E-state index is 14.3. The number of amides is 6. The van der Waals surface area contributed by atoms with Crippen LogP contribution in [0, 0.1) is 11.8 Å². The number of carbonyl (C=O) groups is 6. The molecule has 15 nitrogen and oxygen atoms in total. The van der Waals surface area contributed by atoms with Crippen LogP contribution < -0.4 is 16.4 Å². The lowest BCUT2D eigenvalue weighted by Gasteiger charge is -2.41. The molecule has 3 saturated heterocycles. The highest BCUT2D eigenvalue weighted by molar-refractivity contribution is 5.96. The lowest BCUT2D eigenvalue weighted by atomic mass is 9.84. The van der Waals surface area contributed by atoms with Crippen LogP contribution in [0.25, 0.3) is 0 Å². The SMILES string of the molecule is CCN(C(=O)O)[C@H](C(=O)N1CCC[C@@]1(C(N)=O)c1ccc([C@@H]2CC[C@@H](c3ccc([C@]4(C(N)=O)CCCN4C(=O)[C@H](C(C)C)N(CC)C(=O)O)cc3)N2c2ccc(C(F)(F)F)cc2)cc1)C(C)C. The van der Waals surface area contributed by atoms with Crippen molar-refractivity contribution in [2.45, 2.75) is 121 Å². The number of alkyl halides is 3. The number of likely N-dealkylation sites (tertiary alicyclic amines) is 2. The molecule has 3 aromatic carbocycles. The van der Waals surface area contributed by atoms with Gasteiger partial charge in [-0.15, -0.1) is 0 Å². The third kappa shape index (κ3) is 8.98. The number of hydrogen-bond donors (Lipinski definition) is 4. The molecule has 0 bridgehead atoms. The van der Waals surface area contributed by atoms with Crippen molar-refractivity contribution in [2.24, 2.45) is 23.3 Å². The highest BCUT2D eigenvalue weighted by atomic mass is 19.4. The maximum absolute atomic E-state index is 14.3. The Labute approximate surface area is 388 Å². The fourth-order valence-corrected chi connectivity index (χ4v) is 11.0. The Morgan fingerprint density at radius 2 is 1.00 bits per heavy atom. The average molecular weight is 934 g/mol. The predicted octanol–water partition coefficient (Wildman–Crippen LogP) is 7.44. The van der Waals surface area contributed by atoms with Gasteiger partial charge in [-0.1, -0.05) is 76.2 Å². The number of nitrogens with two attached hydrogens (primary N) is 2. The highest BCUT2D eigenvalue weighted by Crippen LogP contribution is 2.49. The number of halogens is 3. The van der Waals surface area contributed by atoms with Crippen molar-refractivity contribution in [3.63, 3.8) is 0 Å². The number of nitrogens with zero attached hydrogens (tertiary/aromatic N) is 5. The topological polar surface area (TPSA) is 211 Å². The lowest BCUT2D eigenvalue weighted by Crippen LogP contribution is -2.60. The molecule has 3 fully saturated rings. The standard InChI is InChI=1S/C49H62F3N7O8/c1-7-55(45(64)65)39(29(3)4)41(60)57-27-9-25-47(57,43(53)62)33-15-11-31(12-16-33)37-23-24-38(59(37)36-21-19-35(20-22-36)49(50,51)52)32-13-17-34(18-14-32)48(44(54)63)26-10-28-58(48)42(61)40(30(5)6)56(8-2)46(66)67/h11-22,29-30,37-40H,7-10,23-28H2,1-6H3,(H2,53,62)(H2,54,63)(H,64,65)(H,66,67)/t37-,38-,39-,40-,47-,48-/m0/s1. The minimum absolute atomic E-state index is 0.0544. The van der Waals surface area contributed by atoms with Crippen LogP contribution in [0.2, 0.25) is 0 Å². The zero-order valence-corrected chi connectivity index (χ0v) is 38.8. The molecule has 3 aromatic rings. The van der Waals surface area contributed by atoms with Gasteiger partial charge < -0.3 is 36.4 Å². The van der Waals surface area contributed by atoms with Crippen LogP contribution in [0.5, 0.6) is 0 Å². The Kier molecular flexibility index (Phi) is 14.6. The second-order valence-corrected chi connectivity index (χ2v) is 18.5. The highest BCUT2D eigenvalue weighted by Gasteiger charge is 2.54. The monoisotopic (exact) mass is 933 g/mol. The van der Waals surface area contributed by atoms with E-state index in [9.17, 15) is 52.2 Å². The molecule has 6 N–H and O–H groups in total. The summed E-state index contributed by atoms with van der Waals surface area (Å²) in [6.07, 6.45) is -4.65. The van der Waals surface area contributed by atoms with Gasteiger partial charge in [0, 0.05) is 31.9 Å². The lowest BCUT2D eigenvalue weighted by molar-refractivity contribution is -0.149. The Hall–Kier alpha value is -6.33. The van der Waals surface area contributed by atoms with Crippen LogP contribution in [0.4, 0.5) is 28.4 Å². The number of benzene rings is 3. The van der Waals surface area contributed by atoms with Crippen LogP contribution >= 0.6 is 0 Å². The van der Waals surface area contributed by atoms with Crippen LogP contribution in [-0.4, -0.2) is 104 Å². The molecular formula is C49H62F3N7O8. The Balaban J connectivity index is 1.37. The number of carboxylic acid groups (broad SMARTS) is 2. The van der Waals surface area contributed by atoms with Gasteiger partial charge >= 0.3 is 18.4 Å². The predicted molar refractivity (Wildman–Crippen MR) is 243 cm³/mol. The number of anilines is 1. The van der Waals surface area contributed by atoms with E-state index in [0.29, 0.717) is 42.5 Å². The number of hydrogen-bond acceptors (Lipinski definition) is 7. The van der Waals surface area contributed by atoms with E-state index in [4.69, 9.17) is 11.5 Å². The summed E-state index contributed by atoms with van der Waals surface area (Å²) in [5, 5.41) is 19.9. The molecule has 0 radical (unpaired) electrons. The van der Waals surface area contributed by atoms with Gasteiger partial charge in [0.15, 0.2) is 0 Å². The van der Waals surface area contributed by atoms with Crippen molar-refractivity contribution in [1.82, 2.24) is 19.6 Å². The molecule has 3 heterocycles. The average Bonchev–Trinajstić information content (AvgIpc) is 4.05. The summed E-state index contributed by atoms with van der Waals surface area (Å²) in [4.78, 5) is 87.1. The van der Waals surface area contributed by atoms with Gasteiger partial charge in [-0.25, -0.2) is 9.59 Å². The maximum Gasteiger partial charge on any atom is 0.416 e. The van der Waals surface area contributed by atoms with E-state index in [-0.39, 0.29) is 51.1 Å². The summed E-state index contributed by atoms with van der Waals surface area (Å²) in [7, 11) is 0. The van der Waals surface area contributed by atoms with Crippen molar-refractivity contribution in [3.05, 3.63) is 101 Å². The largest absolute Gasteiger partial charge is 0.465 e. The zero-order valence-electron chi connectivity index (χ0n) is 38.8. The second-order valence-electron chi connectivity index (χ2n) is 18.5. The minimum atomic E-state index is -4.57. The molecule has 0 unspecified atom stereocenters. The zero-order chi connectivity index (χ0) is 49.3. The third-order valence-electron chi connectivity index (χ3n) is 14.1. The number of likely N-dealkylation sites (N-methyl/N-ethyl adjacent to an activating group) is 2. The Bertz CT molecular complexity index is 2190. The number of rotatable bonds is 15. The quantitative estimate of drug-likeness (QED) is 0.119. The molecule has 6 amide bonds. The molecule has 6 atom stereocenters. The summed E-state index contributed by atoms with van der Waals surface area (Å²) in [5.41, 5.74) is 11.3. The second kappa shape index (κ2) is 19.5. The summed E-state index contributed by atoms with van der Waals surface area (Å²) < 4.78 is 41.4. The van der Waals surface area contributed by atoms with Gasteiger partial charge in [-0.3, -0.25) is 29.0 Å². The van der Waals surface area contributed by atoms with Crippen molar-refractivity contribution < 1.29 is 52.2 Å². The first-order valence-corrected chi connectivity index (χ1v) is 23.0. The first kappa shape index (κ1) is 50.1. The van der Waals surface area contributed by atoms with E-state index in [1.807, 2.05) is 29.2 Å². The van der Waals surface area contributed by atoms with Crippen molar-refractivity contribution in [2.75, 3.05) is 31.1 Å². The molecule has 0 saturated carbocycles. The molecule has 0 aliphatic carbocycles.